The Balaban J connectivity index is 2.04. The van der Waals surface area contributed by atoms with Crippen molar-refractivity contribution >= 4 is 17.5 Å². The Morgan fingerprint density at radius 3 is 2.67 bits per heavy atom. The molecule has 0 fully saturated rings. The number of amides is 1. The van der Waals surface area contributed by atoms with Gasteiger partial charge in [-0.1, -0.05) is 29.8 Å². The first-order valence-electron chi connectivity index (χ1n) is 6.46. The van der Waals surface area contributed by atoms with Gasteiger partial charge in [0.15, 0.2) is 11.6 Å². The highest BCUT2D eigenvalue weighted by Crippen LogP contribution is 2.14. The Hall–Kier alpha value is -1.94. The zero-order chi connectivity index (χ0) is 15.4. The van der Waals surface area contributed by atoms with E-state index in [1.165, 1.54) is 12.1 Å². The Morgan fingerprint density at radius 1 is 1.24 bits per heavy atom. The van der Waals surface area contributed by atoms with E-state index in [0.29, 0.717) is 11.4 Å². The molecule has 0 heterocycles. The number of carbonyl (C=O) groups is 1. The Kier molecular flexibility index (Phi) is 4.91. The molecule has 1 unspecified atom stereocenters. The van der Waals surface area contributed by atoms with E-state index in [2.05, 4.69) is 5.32 Å². The second kappa shape index (κ2) is 6.68. The summed E-state index contributed by atoms with van der Waals surface area (Å²) in [6, 6.07) is 10.5. The van der Waals surface area contributed by atoms with Crippen molar-refractivity contribution in [3.8, 4) is 0 Å². The third-order valence-corrected chi connectivity index (χ3v) is 3.24. The maximum Gasteiger partial charge on any atom is 0.254 e. The molecule has 21 heavy (non-hydrogen) atoms. The van der Waals surface area contributed by atoms with Crippen LogP contribution < -0.4 is 5.32 Å². The summed E-state index contributed by atoms with van der Waals surface area (Å²) in [4.78, 5) is 11.9. The van der Waals surface area contributed by atoms with Crippen molar-refractivity contribution in [2.45, 2.75) is 19.4 Å². The van der Waals surface area contributed by atoms with Crippen LogP contribution in [0.4, 0.5) is 8.78 Å². The van der Waals surface area contributed by atoms with E-state index in [4.69, 9.17) is 11.6 Å². The largest absolute Gasteiger partial charge is 0.349 e. The Bertz CT molecular complexity index is 660. The van der Waals surface area contributed by atoms with Crippen LogP contribution in [0.1, 0.15) is 22.8 Å². The summed E-state index contributed by atoms with van der Waals surface area (Å²) in [5, 5.41) is 3.26. The quantitative estimate of drug-likeness (QED) is 0.909. The van der Waals surface area contributed by atoms with E-state index in [1.54, 1.807) is 19.1 Å². The molecule has 1 amide bonds. The number of hydrogen-bond acceptors (Lipinski definition) is 1. The molecule has 0 saturated heterocycles. The Labute approximate surface area is 126 Å². The molecule has 110 valence electrons. The van der Waals surface area contributed by atoms with E-state index in [0.717, 1.165) is 11.6 Å². The van der Waals surface area contributed by atoms with Gasteiger partial charge in [-0.05, 0) is 43.2 Å². The molecule has 5 heteroatoms. The lowest BCUT2D eigenvalue weighted by molar-refractivity contribution is 0.0935. The van der Waals surface area contributed by atoms with Crippen molar-refractivity contribution in [1.29, 1.82) is 0 Å². The fraction of sp³-hybridized carbons (Fsp3) is 0.188. The van der Waals surface area contributed by atoms with Crippen LogP contribution in [0.3, 0.4) is 0 Å². The molecule has 0 aromatic heterocycles. The van der Waals surface area contributed by atoms with Gasteiger partial charge in [0.05, 0.1) is 5.56 Å². The van der Waals surface area contributed by atoms with Crippen molar-refractivity contribution in [3.63, 3.8) is 0 Å². The van der Waals surface area contributed by atoms with Crippen molar-refractivity contribution in [3.05, 3.63) is 70.2 Å². The average molecular weight is 310 g/mol. The molecule has 0 bridgehead atoms. The number of carbonyl (C=O) groups excluding carboxylic acids is 1. The number of hydrogen-bond donors (Lipinski definition) is 1. The third kappa shape index (κ3) is 4.02. The van der Waals surface area contributed by atoms with Crippen molar-refractivity contribution < 1.29 is 13.6 Å². The van der Waals surface area contributed by atoms with Crippen molar-refractivity contribution in [2.75, 3.05) is 0 Å². The molecule has 0 aliphatic rings. The summed E-state index contributed by atoms with van der Waals surface area (Å²) in [6.07, 6.45) is 0.545. The minimum atomic E-state index is -1.13. The van der Waals surface area contributed by atoms with Gasteiger partial charge in [0, 0.05) is 11.1 Å². The number of benzene rings is 2. The van der Waals surface area contributed by atoms with Crippen LogP contribution in [0, 0.1) is 11.6 Å². The highest BCUT2D eigenvalue weighted by atomic mass is 35.5. The van der Waals surface area contributed by atoms with Crippen LogP contribution >= 0.6 is 11.6 Å². The second-order valence-electron chi connectivity index (χ2n) is 4.81. The monoisotopic (exact) mass is 309 g/mol. The van der Waals surface area contributed by atoms with Crippen LogP contribution in [-0.2, 0) is 6.42 Å². The van der Waals surface area contributed by atoms with E-state index >= 15 is 0 Å². The molecular weight excluding hydrogens is 296 g/mol. The van der Waals surface area contributed by atoms with Gasteiger partial charge < -0.3 is 5.32 Å². The average Bonchev–Trinajstić information content (AvgIpc) is 2.41. The molecule has 0 spiro atoms. The van der Waals surface area contributed by atoms with Crippen LogP contribution in [0.25, 0.3) is 0 Å². The molecule has 1 N–H and O–H groups in total. The number of rotatable bonds is 4. The molecule has 0 radical (unpaired) electrons. The van der Waals surface area contributed by atoms with E-state index in [-0.39, 0.29) is 11.6 Å². The topological polar surface area (TPSA) is 29.1 Å². The molecule has 0 aliphatic carbocycles. The molecule has 1 atom stereocenters. The second-order valence-corrected chi connectivity index (χ2v) is 5.25. The SMILES string of the molecule is CC(Cc1cccc(Cl)c1)NC(=O)c1cccc(F)c1F. The molecule has 2 aromatic carbocycles. The zero-order valence-corrected chi connectivity index (χ0v) is 12.1. The minimum Gasteiger partial charge on any atom is -0.349 e. The predicted molar refractivity (Wildman–Crippen MR) is 78.4 cm³/mol. The summed E-state index contributed by atoms with van der Waals surface area (Å²) >= 11 is 5.89. The fourth-order valence-corrected chi connectivity index (χ4v) is 2.26. The standard InChI is InChI=1S/C16H14ClF2NO/c1-10(8-11-4-2-5-12(17)9-11)20-16(21)13-6-3-7-14(18)15(13)19/h2-7,9-10H,8H2,1H3,(H,20,21). The van der Waals surface area contributed by atoms with E-state index in [9.17, 15) is 13.6 Å². The Morgan fingerprint density at radius 2 is 1.95 bits per heavy atom. The summed E-state index contributed by atoms with van der Waals surface area (Å²) in [5.74, 6) is -2.81. The third-order valence-electron chi connectivity index (χ3n) is 3.00. The summed E-state index contributed by atoms with van der Waals surface area (Å²) in [5.41, 5.74) is 0.656. The van der Waals surface area contributed by atoms with E-state index < -0.39 is 17.5 Å². The van der Waals surface area contributed by atoms with Crippen molar-refractivity contribution in [2.24, 2.45) is 0 Å². The van der Waals surface area contributed by atoms with Gasteiger partial charge in [-0.3, -0.25) is 4.79 Å². The first kappa shape index (κ1) is 15.4. The zero-order valence-electron chi connectivity index (χ0n) is 11.4. The first-order chi connectivity index (χ1) is 9.97. The highest BCUT2D eigenvalue weighted by molar-refractivity contribution is 6.30. The van der Waals surface area contributed by atoms with Gasteiger partial charge in [0.25, 0.3) is 5.91 Å². The van der Waals surface area contributed by atoms with Gasteiger partial charge in [-0.15, -0.1) is 0 Å². The molecule has 0 saturated carbocycles. The van der Waals surface area contributed by atoms with Crippen LogP contribution in [0.5, 0.6) is 0 Å². The van der Waals surface area contributed by atoms with Gasteiger partial charge >= 0.3 is 0 Å². The first-order valence-corrected chi connectivity index (χ1v) is 6.84. The van der Waals surface area contributed by atoms with Crippen LogP contribution in [-0.4, -0.2) is 11.9 Å². The summed E-state index contributed by atoms with van der Waals surface area (Å²) in [7, 11) is 0. The van der Waals surface area contributed by atoms with Crippen molar-refractivity contribution in [1.82, 2.24) is 5.32 Å². The van der Waals surface area contributed by atoms with Gasteiger partial charge in [-0.2, -0.15) is 0 Å². The maximum absolute atomic E-state index is 13.5. The molecular formula is C16H14ClF2NO. The van der Waals surface area contributed by atoms with Gasteiger partial charge in [-0.25, -0.2) is 8.78 Å². The maximum atomic E-state index is 13.5. The summed E-state index contributed by atoms with van der Waals surface area (Å²) in [6.45, 7) is 1.79. The molecule has 0 aliphatic heterocycles. The molecule has 2 aromatic rings. The predicted octanol–water partition coefficient (Wildman–Crippen LogP) is 3.98. The van der Waals surface area contributed by atoms with Crippen LogP contribution in [0.15, 0.2) is 42.5 Å². The smallest absolute Gasteiger partial charge is 0.254 e. The van der Waals surface area contributed by atoms with E-state index in [1.807, 2.05) is 12.1 Å². The minimum absolute atomic E-state index is 0.237. The number of halogens is 3. The van der Waals surface area contributed by atoms with Crippen LogP contribution in [0.2, 0.25) is 5.02 Å². The fourth-order valence-electron chi connectivity index (χ4n) is 2.05. The number of nitrogens with one attached hydrogen (secondary N) is 1. The normalized spacial score (nSPS) is 12.0. The lowest BCUT2D eigenvalue weighted by Gasteiger charge is -2.14. The van der Waals surface area contributed by atoms with Gasteiger partial charge in [0.2, 0.25) is 0 Å². The molecule has 2 nitrogen and oxygen atoms in total. The lowest BCUT2D eigenvalue weighted by atomic mass is 10.1. The highest BCUT2D eigenvalue weighted by Gasteiger charge is 2.16. The molecule has 2 rings (SSSR count). The summed E-state index contributed by atoms with van der Waals surface area (Å²) < 4.78 is 26.6. The van der Waals surface area contributed by atoms with Gasteiger partial charge in [0.1, 0.15) is 0 Å². The lowest BCUT2D eigenvalue weighted by Crippen LogP contribution is -2.34.